The molecule has 1 N–H and O–H groups in total. The van der Waals surface area contributed by atoms with Crippen LogP contribution in [-0.4, -0.2) is 17.4 Å². The normalized spacial score (nSPS) is 10.9. The van der Waals surface area contributed by atoms with Crippen LogP contribution in [-0.2, 0) is 12.8 Å². The Kier molecular flexibility index (Phi) is 4.76. The summed E-state index contributed by atoms with van der Waals surface area (Å²) in [5, 5.41) is 4.49. The van der Waals surface area contributed by atoms with Crippen LogP contribution in [0.4, 0.5) is 0 Å². The van der Waals surface area contributed by atoms with Crippen LogP contribution in [0, 0.1) is 6.92 Å². The first-order valence-electron chi connectivity index (χ1n) is 7.84. The van der Waals surface area contributed by atoms with Crippen LogP contribution in [0.15, 0.2) is 39.5 Å². The number of fused-ring (bicyclic) bond motifs is 1. The third kappa shape index (κ3) is 3.38. The van der Waals surface area contributed by atoms with E-state index in [0.29, 0.717) is 18.5 Å². The number of aromatic nitrogens is 1. The van der Waals surface area contributed by atoms with Gasteiger partial charge in [-0.05, 0) is 25.5 Å². The van der Waals surface area contributed by atoms with E-state index in [4.69, 9.17) is 4.42 Å². The van der Waals surface area contributed by atoms with Crippen molar-refractivity contribution < 1.29 is 9.21 Å². The van der Waals surface area contributed by atoms with E-state index in [1.165, 1.54) is 4.88 Å². The number of thiazole rings is 1. The minimum atomic E-state index is -0.621. The van der Waals surface area contributed by atoms with E-state index in [9.17, 15) is 9.59 Å². The van der Waals surface area contributed by atoms with Gasteiger partial charge in [0.15, 0.2) is 0 Å². The van der Waals surface area contributed by atoms with Crippen molar-refractivity contribution in [2.24, 2.45) is 0 Å². The van der Waals surface area contributed by atoms with Crippen LogP contribution in [0.1, 0.15) is 32.9 Å². The van der Waals surface area contributed by atoms with Crippen LogP contribution in [0.5, 0.6) is 0 Å². The molecule has 0 fully saturated rings. The monoisotopic (exact) mass is 342 g/mol. The van der Waals surface area contributed by atoms with Crippen LogP contribution in [0.2, 0.25) is 0 Å². The molecule has 124 valence electrons. The fourth-order valence-corrected chi connectivity index (χ4v) is 3.54. The molecular weight excluding hydrogens is 324 g/mol. The zero-order valence-corrected chi connectivity index (χ0v) is 14.4. The second-order valence-electron chi connectivity index (χ2n) is 5.46. The van der Waals surface area contributed by atoms with Crippen molar-refractivity contribution in [3.8, 4) is 0 Å². The minimum Gasteiger partial charge on any atom is -0.422 e. The van der Waals surface area contributed by atoms with Crippen molar-refractivity contribution in [1.82, 2.24) is 10.3 Å². The summed E-state index contributed by atoms with van der Waals surface area (Å²) in [4.78, 5) is 30.0. The number of benzene rings is 1. The Morgan fingerprint density at radius 2 is 2.12 bits per heavy atom. The van der Waals surface area contributed by atoms with E-state index in [2.05, 4.69) is 24.1 Å². The molecule has 6 heteroatoms. The minimum absolute atomic E-state index is 0.0262. The molecule has 0 atom stereocenters. The molecule has 2 heterocycles. The van der Waals surface area contributed by atoms with Gasteiger partial charge in [0.2, 0.25) is 0 Å². The SMILES string of the molecule is CCc1nc(CCNC(=O)c2cc3ccccc3oc2=O)sc1C. The number of rotatable bonds is 5. The summed E-state index contributed by atoms with van der Waals surface area (Å²) in [5.74, 6) is -0.418. The Labute approximate surface area is 143 Å². The average Bonchev–Trinajstić information content (AvgIpc) is 2.94. The number of nitrogens with one attached hydrogen (secondary N) is 1. The smallest absolute Gasteiger partial charge is 0.349 e. The summed E-state index contributed by atoms with van der Waals surface area (Å²) in [6, 6.07) is 8.69. The second kappa shape index (κ2) is 6.97. The van der Waals surface area contributed by atoms with Gasteiger partial charge in [-0.25, -0.2) is 9.78 Å². The van der Waals surface area contributed by atoms with E-state index in [0.717, 1.165) is 22.5 Å². The van der Waals surface area contributed by atoms with Gasteiger partial charge in [-0.15, -0.1) is 11.3 Å². The Morgan fingerprint density at radius 3 is 2.88 bits per heavy atom. The molecule has 3 aromatic rings. The van der Waals surface area contributed by atoms with E-state index >= 15 is 0 Å². The third-order valence-corrected chi connectivity index (χ3v) is 4.86. The molecule has 0 aliphatic heterocycles. The Hall–Kier alpha value is -2.47. The standard InChI is InChI=1S/C18H18N2O3S/c1-3-14-11(2)24-16(20-14)8-9-19-17(21)13-10-12-6-4-5-7-15(12)23-18(13)22/h4-7,10H,3,8-9H2,1-2H3,(H,19,21). The lowest BCUT2D eigenvalue weighted by Crippen LogP contribution is -2.29. The second-order valence-corrected chi connectivity index (χ2v) is 6.74. The topological polar surface area (TPSA) is 72.2 Å². The first-order chi connectivity index (χ1) is 11.6. The molecule has 3 rings (SSSR count). The first kappa shape index (κ1) is 16.4. The van der Waals surface area contributed by atoms with Crippen molar-refractivity contribution in [3.63, 3.8) is 0 Å². The summed E-state index contributed by atoms with van der Waals surface area (Å²) in [6.45, 7) is 4.56. The third-order valence-electron chi connectivity index (χ3n) is 3.78. The van der Waals surface area contributed by atoms with Crippen LogP contribution >= 0.6 is 11.3 Å². The van der Waals surface area contributed by atoms with Gasteiger partial charge in [-0.3, -0.25) is 4.79 Å². The molecule has 0 saturated heterocycles. The molecule has 24 heavy (non-hydrogen) atoms. The first-order valence-corrected chi connectivity index (χ1v) is 8.66. The van der Waals surface area contributed by atoms with Crippen LogP contribution in [0.25, 0.3) is 11.0 Å². The number of hydrogen-bond acceptors (Lipinski definition) is 5. The molecule has 0 spiro atoms. The summed E-state index contributed by atoms with van der Waals surface area (Å²) < 4.78 is 5.19. The number of aryl methyl sites for hydroxylation is 2. The maximum absolute atomic E-state index is 12.2. The fraction of sp³-hybridized carbons (Fsp3) is 0.278. The molecule has 1 amide bonds. The van der Waals surface area contributed by atoms with Crippen molar-refractivity contribution >= 4 is 28.2 Å². The molecule has 2 aromatic heterocycles. The summed E-state index contributed by atoms with van der Waals surface area (Å²) in [6.07, 6.45) is 1.56. The largest absolute Gasteiger partial charge is 0.422 e. The molecule has 5 nitrogen and oxygen atoms in total. The highest BCUT2D eigenvalue weighted by Crippen LogP contribution is 2.18. The fourth-order valence-electron chi connectivity index (χ4n) is 2.52. The van der Waals surface area contributed by atoms with E-state index in [1.807, 2.05) is 6.07 Å². The van der Waals surface area contributed by atoms with Crippen LogP contribution < -0.4 is 10.9 Å². The number of carbonyl (C=O) groups is 1. The van der Waals surface area contributed by atoms with Gasteiger partial charge in [0.1, 0.15) is 11.1 Å². The molecule has 0 unspecified atom stereocenters. The quantitative estimate of drug-likeness (QED) is 0.723. The molecule has 1 aromatic carbocycles. The molecule has 0 saturated carbocycles. The maximum atomic E-state index is 12.2. The lowest BCUT2D eigenvalue weighted by Gasteiger charge is -2.04. The van der Waals surface area contributed by atoms with Crippen LogP contribution in [0.3, 0.4) is 0 Å². The predicted molar refractivity (Wildman–Crippen MR) is 94.8 cm³/mol. The lowest BCUT2D eigenvalue weighted by molar-refractivity contribution is 0.0950. The average molecular weight is 342 g/mol. The number of amides is 1. The van der Waals surface area contributed by atoms with Crippen molar-refractivity contribution in [2.75, 3.05) is 6.54 Å². The molecule has 0 aliphatic rings. The highest BCUT2D eigenvalue weighted by Gasteiger charge is 2.13. The maximum Gasteiger partial charge on any atom is 0.349 e. The van der Waals surface area contributed by atoms with E-state index < -0.39 is 11.5 Å². The van der Waals surface area contributed by atoms with Crippen molar-refractivity contribution in [1.29, 1.82) is 0 Å². The summed E-state index contributed by atoms with van der Waals surface area (Å²) >= 11 is 1.65. The van der Waals surface area contributed by atoms with E-state index in [-0.39, 0.29) is 5.56 Å². The zero-order chi connectivity index (χ0) is 17.1. The summed E-state index contributed by atoms with van der Waals surface area (Å²) in [5.41, 5.74) is 0.990. The predicted octanol–water partition coefficient (Wildman–Crippen LogP) is 3.09. The highest BCUT2D eigenvalue weighted by molar-refractivity contribution is 7.11. The zero-order valence-electron chi connectivity index (χ0n) is 13.6. The molecule has 0 bridgehead atoms. The van der Waals surface area contributed by atoms with Gasteiger partial charge in [0.25, 0.3) is 5.91 Å². The highest BCUT2D eigenvalue weighted by atomic mass is 32.1. The van der Waals surface area contributed by atoms with Gasteiger partial charge in [-0.1, -0.05) is 25.1 Å². The lowest BCUT2D eigenvalue weighted by atomic mass is 10.2. The van der Waals surface area contributed by atoms with Crippen molar-refractivity contribution in [3.05, 3.63) is 61.9 Å². The Bertz CT molecular complexity index is 943. The van der Waals surface area contributed by atoms with Gasteiger partial charge < -0.3 is 9.73 Å². The van der Waals surface area contributed by atoms with Gasteiger partial charge in [0, 0.05) is 23.2 Å². The molecule has 0 aliphatic carbocycles. The van der Waals surface area contributed by atoms with Gasteiger partial charge in [0.05, 0.1) is 10.7 Å². The van der Waals surface area contributed by atoms with Gasteiger partial charge >= 0.3 is 5.63 Å². The Morgan fingerprint density at radius 1 is 1.33 bits per heavy atom. The molecular formula is C18H18N2O3S. The number of para-hydroxylation sites is 1. The summed E-state index contributed by atoms with van der Waals surface area (Å²) in [7, 11) is 0. The molecule has 0 radical (unpaired) electrons. The number of hydrogen-bond donors (Lipinski definition) is 1. The van der Waals surface area contributed by atoms with Crippen molar-refractivity contribution in [2.45, 2.75) is 26.7 Å². The van der Waals surface area contributed by atoms with E-state index in [1.54, 1.807) is 35.6 Å². The number of carbonyl (C=O) groups excluding carboxylic acids is 1. The number of nitrogens with zero attached hydrogens (tertiary/aromatic N) is 1. The Balaban J connectivity index is 1.68. The van der Waals surface area contributed by atoms with Gasteiger partial charge in [-0.2, -0.15) is 0 Å².